The van der Waals surface area contributed by atoms with Gasteiger partial charge in [-0.2, -0.15) is 0 Å². The number of aliphatic hydroxyl groups excluding tert-OH is 1. The predicted molar refractivity (Wildman–Crippen MR) is 191 cm³/mol. The van der Waals surface area contributed by atoms with Crippen molar-refractivity contribution < 1.29 is 38.5 Å². The highest BCUT2D eigenvalue weighted by molar-refractivity contribution is 6.23. The van der Waals surface area contributed by atoms with Gasteiger partial charge in [0.05, 0.1) is 22.9 Å². The number of benzene rings is 3. The lowest BCUT2D eigenvalue weighted by Crippen LogP contribution is -2.54. The number of aliphatic hydroxyl groups is 1. The number of hydrogen-bond donors (Lipinski definition) is 3. The van der Waals surface area contributed by atoms with E-state index in [0.29, 0.717) is 36.2 Å². The molecule has 4 aliphatic rings. The van der Waals surface area contributed by atoms with Gasteiger partial charge in [0.1, 0.15) is 23.6 Å². The van der Waals surface area contributed by atoms with E-state index in [-0.39, 0.29) is 41.5 Å². The Labute approximate surface area is 305 Å². The molecule has 3 fully saturated rings. The Morgan fingerprint density at radius 1 is 0.868 bits per heavy atom. The highest BCUT2D eigenvalue weighted by Crippen LogP contribution is 2.43. The van der Waals surface area contributed by atoms with Crippen LogP contribution in [0.4, 0.5) is 5.69 Å². The van der Waals surface area contributed by atoms with E-state index in [2.05, 4.69) is 45.1 Å². The van der Waals surface area contributed by atoms with Crippen LogP contribution in [0.2, 0.25) is 0 Å². The van der Waals surface area contributed by atoms with E-state index in [0.717, 1.165) is 36.3 Å². The molecule has 2 saturated heterocycles. The Morgan fingerprint density at radius 2 is 1.55 bits per heavy atom. The van der Waals surface area contributed by atoms with Crippen LogP contribution in [0.25, 0.3) is 0 Å². The van der Waals surface area contributed by atoms with E-state index in [4.69, 9.17) is 14.2 Å². The number of ether oxygens (including phenoxy) is 3. The summed E-state index contributed by atoms with van der Waals surface area (Å²) in [5, 5.41) is 23.4. The van der Waals surface area contributed by atoms with Gasteiger partial charge in [0.15, 0.2) is 0 Å². The maximum Gasteiger partial charge on any atom is 0.262 e. The standard InChI is InChI=1S/C40H39N5O8/c1-23(46)33-12-15-36(44-43-33)53-29-9-4-25(5-10-29)40(16-18-51-19-17-40)24-2-7-28(8-3-24)52-30-20-27(21-30)41-26-6-11-31-32(22-26)39(50)45(38(31)49)34-13-14-35(47)42-37(34)48/h2-12,15,22-23,27,30,34,41,46H,13-14,16-21H2,1H3,(H,42,47,48). The fraction of sp³-hybridized carbons (Fsp3) is 0.350. The number of nitrogens with zero attached hydrogens (tertiary/aromatic N) is 3. The van der Waals surface area contributed by atoms with Crippen molar-refractivity contribution in [1.82, 2.24) is 20.4 Å². The first kappa shape index (κ1) is 34.4. The number of aromatic nitrogens is 2. The molecule has 3 aliphatic heterocycles. The molecule has 53 heavy (non-hydrogen) atoms. The van der Waals surface area contributed by atoms with Crippen molar-refractivity contribution in [3.63, 3.8) is 0 Å². The van der Waals surface area contributed by atoms with Crippen molar-refractivity contribution in [2.45, 2.75) is 75.2 Å². The molecule has 0 spiro atoms. The van der Waals surface area contributed by atoms with Crippen LogP contribution < -0.4 is 20.1 Å². The summed E-state index contributed by atoms with van der Waals surface area (Å²) in [6.07, 6.45) is 2.73. The number of hydrogen-bond acceptors (Lipinski definition) is 11. The highest BCUT2D eigenvalue weighted by Gasteiger charge is 2.45. The maximum atomic E-state index is 13.2. The van der Waals surface area contributed by atoms with E-state index in [1.807, 2.05) is 24.3 Å². The van der Waals surface area contributed by atoms with Gasteiger partial charge in [-0.25, -0.2) is 0 Å². The summed E-state index contributed by atoms with van der Waals surface area (Å²) in [6, 6.07) is 23.9. The number of rotatable bonds is 10. The number of carbonyl (C=O) groups excluding carboxylic acids is 4. The normalized spacial score (nSPS) is 22.8. The van der Waals surface area contributed by atoms with Gasteiger partial charge in [-0.15, -0.1) is 10.2 Å². The van der Waals surface area contributed by atoms with Gasteiger partial charge in [-0.3, -0.25) is 29.4 Å². The molecule has 3 N–H and O–H groups in total. The minimum absolute atomic E-state index is 0.0246. The van der Waals surface area contributed by atoms with Crippen LogP contribution in [0.15, 0.2) is 78.9 Å². The molecule has 0 radical (unpaired) electrons. The van der Waals surface area contributed by atoms with Crippen LogP contribution in [-0.4, -0.2) is 75.2 Å². The van der Waals surface area contributed by atoms with Crippen LogP contribution >= 0.6 is 0 Å². The van der Waals surface area contributed by atoms with E-state index in [9.17, 15) is 24.3 Å². The summed E-state index contributed by atoms with van der Waals surface area (Å²) in [5.41, 5.74) is 3.84. The monoisotopic (exact) mass is 717 g/mol. The zero-order valence-electron chi connectivity index (χ0n) is 29.1. The average Bonchev–Trinajstić information content (AvgIpc) is 3.39. The average molecular weight is 718 g/mol. The number of anilines is 1. The van der Waals surface area contributed by atoms with Crippen LogP contribution in [0, 0.1) is 0 Å². The van der Waals surface area contributed by atoms with E-state index >= 15 is 0 Å². The van der Waals surface area contributed by atoms with Crippen molar-refractivity contribution in [3.8, 4) is 17.4 Å². The van der Waals surface area contributed by atoms with Gasteiger partial charge in [0.2, 0.25) is 17.7 Å². The van der Waals surface area contributed by atoms with Crippen LogP contribution in [0.5, 0.6) is 17.4 Å². The molecule has 13 heteroatoms. The first-order chi connectivity index (χ1) is 25.7. The third-order valence-corrected chi connectivity index (χ3v) is 10.7. The molecule has 2 atom stereocenters. The summed E-state index contributed by atoms with van der Waals surface area (Å²) in [5.74, 6) is -0.293. The first-order valence-electron chi connectivity index (χ1n) is 17.9. The Balaban J connectivity index is 0.874. The quantitative estimate of drug-likeness (QED) is 0.192. The molecule has 4 amide bonds. The van der Waals surface area contributed by atoms with Crippen molar-refractivity contribution >= 4 is 29.3 Å². The van der Waals surface area contributed by atoms with E-state index in [1.54, 1.807) is 37.3 Å². The zero-order valence-corrected chi connectivity index (χ0v) is 29.1. The third kappa shape index (κ3) is 6.73. The molecule has 1 aromatic heterocycles. The maximum absolute atomic E-state index is 13.2. The second kappa shape index (κ2) is 14.1. The van der Waals surface area contributed by atoms with Crippen LogP contribution in [0.1, 0.15) is 89.1 Å². The molecular weight excluding hydrogens is 678 g/mol. The molecule has 4 aromatic rings. The summed E-state index contributed by atoms with van der Waals surface area (Å²) in [6.45, 7) is 2.95. The van der Waals surface area contributed by atoms with E-state index < -0.39 is 35.8 Å². The smallest absolute Gasteiger partial charge is 0.262 e. The van der Waals surface area contributed by atoms with E-state index in [1.165, 1.54) is 11.1 Å². The molecule has 8 rings (SSSR count). The second-order valence-electron chi connectivity index (χ2n) is 14.1. The number of nitrogens with one attached hydrogen (secondary N) is 2. The molecule has 272 valence electrons. The minimum Gasteiger partial charge on any atom is -0.490 e. The number of amides is 4. The molecule has 2 unspecified atom stereocenters. The lowest BCUT2D eigenvalue weighted by Gasteiger charge is -2.39. The third-order valence-electron chi connectivity index (χ3n) is 10.7. The SMILES string of the molecule is CC(O)c1ccc(Oc2ccc(C3(c4ccc(OC5CC(Nc6ccc7c(c6)C(=O)N(C6CCC(=O)NC6=O)C7=O)C5)cc4)CCOCC3)cc2)nn1. The Hall–Kier alpha value is -5.66. The topological polar surface area (TPSA) is 169 Å². The number of carbonyl (C=O) groups is 4. The lowest BCUT2D eigenvalue weighted by atomic mass is 9.69. The van der Waals surface area contributed by atoms with Crippen LogP contribution in [0.3, 0.4) is 0 Å². The fourth-order valence-electron chi connectivity index (χ4n) is 7.66. The molecule has 1 saturated carbocycles. The van der Waals surface area contributed by atoms with Crippen LogP contribution in [-0.2, 0) is 19.7 Å². The second-order valence-corrected chi connectivity index (χ2v) is 14.1. The largest absolute Gasteiger partial charge is 0.490 e. The van der Waals surface area contributed by atoms with Gasteiger partial charge in [0.25, 0.3) is 11.8 Å². The van der Waals surface area contributed by atoms with Gasteiger partial charge in [-0.05, 0) is 85.8 Å². The summed E-state index contributed by atoms with van der Waals surface area (Å²) < 4.78 is 18.0. The summed E-state index contributed by atoms with van der Waals surface area (Å²) >= 11 is 0. The van der Waals surface area contributed by atoms with Crippen molar-refractivity contribution in [1.29, 1.82) is 0 Å². The summed E-state index contributed by atoms with van der Waals surface area (Å²) in [4.78, 5) is 51.2. The van der Waals surface area contributed by atoms with Gasteiger partial charge < -0.3 is 24.6 Å². The fourth-order valence-corrected chi connectivity index (χ4v) is 7.66. The van der Waals surface area contributed by atoms with Crippen molar-refractivity contribution in [3.05, 3.63) is 107 Å². The minimum atomic E-state index is -0.993. The molecular formula is C40H39N5O8. The number of piperidine rings is 1. The molecule has 3 aromatic carbocycles. The van der Waals surface area contributed by atoms with Gasteiger partial charge >= 0.3 is 0 Å². The molecule has 13 nitrogen and oxygen atoms in total. The van der Waals surface area contributed by atoms with Crippen molar-refractivity contribution in [2.75, 3.05) is 18.5 Å². The zero-order chi connectivity index (χ0) is 36.7. The van der Waals surface area contributed by atoms with Gasteiger partial charge in [-0.1, -0.05) is 24.3 Å². The molecule has 0 bridgehead atoms. The molecule has 4 heterocycles. The molecule has 1 aliphatic carbocycles. The van der Waals surface area contributed by atoms with Gasteiger partial charge in [0, 0.05) is 55.7 Å². The highest BCUT2D eigenvalue weighted by atomic mass is 16.5. The Morgan fingerprint density at radius 3 is 2.19 bits per heavy atom. The number of fused-ring (bicyclic) bond motifs is 1. The Kier molecular flexibility index (Phi) is 9.13. The number of imide groups is 2. The Bertz CT molecular complexity index is 2040. The lowest BCUT2D eigenvalue weighted by molar-refractivity contribution is -0.136. The summed E-state index contributed by atoms with van der Waals surface area (Å²) in [7, 11) is 0. The predicted octanol–water partition coefficient (Wildman–Crippen LogP) is 4.84. The first-order valence-corrected chi connectivity index (χ1v) is 17.9. The van der Waals surface area contributed by atoms with Crippen molar-refractivity contribution in [2.24, 2.45) is 0 Å².